The zero-order valence-corrected chi connectivity index (χ0v) is 16.3. The van der Waals surface area contributed by atoms with E-state index < -0.39 is 6.10 Å². The summed E-state index contributed by atoms with van der Waals surface area (Å²) < 4.78 is 5.19. The third-order valence-corrected chi connectivity index (χ3v) is 5.82. The van der Waals surface area contributed by atoms with Gasteiger partial charge < -0.3 is 19.6 Å². The first-order valence-corrected chi connectivity index (χ1v) is 9.86. The molecule has 3 rings (SSSR count). The van der Waals surface area contributed by atoms with Crippen LogP contribution in [-0.4, -0.2) is 60.0 Å². The largest absolute Gasteiger partial charge is 0.497 e. The van der Waals surface area contributed by atoms with Crippen LogP contribution >= 0.6 is 0 Å². The van der Waals surface area contributed by atoms with Crippen LogP contribution in [0, 0.1) is 5.92 Å². The molecule has 2 atom stereocenters. The Hall–Kier alpha value is -2.08. The third kappa shape index (κ3) is 4.61. The molecule has 2 aliphatic rings. The maximum Gasteiger partial charge on any atom is 0.227 e. The van der Waals surface area contributed by atoms with Crippen LogP contribution in [0.2, 0.25) is 0 Å². The van der Waals surface area contributed by atoms with Gasteiger partial charge in [-0.1, -0.05) is 31.4 Å². The maximum atomic E-state index is 12.8. The number of benzene rings is 1. The lowest BCUT2D eigenvalue weighted by Gasteiger charge is -2.31. The number of hydrogen-bond acceptors (Lipinski definition) is 4. The van der Waals surface area contributed by atoms with E-state index in [1.54, 1.807) is 25.1 Å². The van der Waals surface area contributed by atoms with Crippen molar-refractivity contribution in [1.29, 1.82) is 0 Å². The number of aliphatic hydroxyl groups excluding tert-OH is 1. The van der Waals surface area contributed by atoms with E-state index >= 15 is 0 Å². The number of carbonyl (C=O) groups excluding carboxylic acids is 2. The molecule has 27 heavy (non-hydrogen) atoms. The van der Waals surface area contributed by atoms with Crippen molar-refractivity contribution in [2.24, 2.45) is 5.92 Å². The molecule has 2 fully saturated rings. The van der Waals surface area contributed by atoms with E-state index in [4.69, 9.17) is 4.74 Å². The van der Waals surface area contributed by atoms with Gasteiger partial charge in [-0.2, -0.15) is 0 Å². The molecule has 1 aromatic rings. The van der Waals surface area contributed by atoms with E-state index in [2.05, 4.69) is 0 Å². The summed E-state index contributed by atoms with van der Waals surface area (Å²) in [5.74, 6) is 0.401. The number of hydrogen-bond donors (Lipinski definition) is 1. The van der Waals surface area contributed by atoms with Crippen LogP contribution in [0.15, 0.2) is 24.3 Å². The average Bonchev–Trinajstić information content (AvgIpc) is 3.09. The van der Waals surface area contributed by atoms with Gasteiger partial charge in [-0.05, 0) is 30.5 Å². The summed E-state index contributed by atoms with van der Waals surface area (Å²) in [6, 6.07) is 7.52. The van der Waals surface area contributed by atoms with E-state index in [0.717, 1.165) is 12.8 Å². The van der Waals surface area contributed by atoms with Gasteiger partial charge in [0, 0.05) is 26.1 Å². The maximum absolute atomic E-state index is 12.8. The average molecular weight is 374 g/mol. The van der Waals surface area contributed by atoms with E-state index in [1.165, 1.54) is 19.3 Å². The second-order valence-corrected chi connectivity index (χ2v) is 7.75. The number of likely N-dealkylation sites (N-methyl/N-ethyl adjacent to an activating group) is 1. The summed E-state index contributed by atoms with van der Waals surface area (Å²) in [6.07, 6.45) is 5.18. The van der Waals surface area contributed by atoms with Gasteiger partial charge in [0.2, 0.25) is 11.8 Å². The van der Waals surface area contributed by atoms with Crippen LogP contribution in [0.5, 0.6) is 5.75 Å². The summed E-state index contributed by atoms with van der Waals surface area (Å²) in [4.78, 5) is 28.7. The smallest absolute Gasteiger partial charge is 0.227 e. The van der Waals surface area contributed by atoms with Crippen molar-refractivity contribution in [2.45, 2.75) is 50.7 Å². The summed E-state index contributed by atoms with van der Waals surface area (Å²) in [5, 5.41) is 10.5. The van der Waals surface area contributed by atoms with Crippen molar-refractivity contribution >= 4 is 11.8 Å². The Morgan fingerprint density at radius 3 is 2.78 bits per heavy atom. The summed E-state index contributed by atoms with van der Waals surface area (Å²) in [6.45, 7) is 0.710. The Bertz CT molecular complexity index is 672. The highest BCUT2D eigenvalue weighted by molar-refractivity contribution is 5.89. The highest BCUT2D eigenvalue weighted by atomic mass is 16.5. The molecule has 2 unspecified atom stereocenters. The Morgan fingerprint density at radius 1 is 1.33 bits per heavy atom. The molecule has 0 bridgehead atoms. The monoisotopic (exact) mass is 374 g/mol. The van der Waals surface area contributed by atoms with Crippen LogP contribution in [0.1, 0.15) is 50.2 Å². The first kappa shape index (κ1) is 19.7. The van der Waals surface area contributed by atoms with Gasteiger partial charge in [0.25, 0.3) is 0 Å². The molecular formula is C21H30N2O4. The van der Waals surface area contributed by atoms with Crippen molar-refractivity contribution in [2.75, 3.05) is 27.2 Å². The fourth-order valence-electron chi connectivity index (χ4n) is 4.26. The lowest BCUT2D eigenvalue weighted by atomic mass is 9.94. The number of aliphatic hydroxyl groups is 1. The van der Waals surface area contributed by atoms with Gasteiger partial charge >= 0.3 is 0 Å². The van der Waals surface area contributed by atoms with Crippen molar-refractivity contribution < 1.29 is 19.4 Å². The van der Waals surface area contributed by atoms with Gasteiger partial charge in [0.15, 0.2) is 0 Å². The van der Waals surface area contributed by atoms with Gasteiger partial charge in [-0.15, -0.1) is 0 Å². The highest BCUT2D eigenvalue weighted by Gasteiger charge is 2.39. The topological polar surface area (TPSA) is 70.1 Å². The fraction of sp³-hybridized carbons (Fsp3) is 0.619. The molecule has 148 valence electrons. The quantitative estimate of drug-likeness (QED) is 0.830. The van der Waals surface area contributed by atoms with Gasteiger partial charge in [-0.25, -0.2) is 0 Å². The molecule has 1 heterocycles. The Morgan fingerprint density at radius 2 is 2.07 bits per heavy atom. The SMILES string of the molecule is COc1cccc(C(O)CN(C)C(=O)C2CC(=O)N(C3CCCCC3)C2)c1. The number of rotatable bonds is 6. The Balaban J connectivity index is 1.57. The molecule has 2 amide bonds. The van der Waals surface area contributed by atoms with Crippen molar-refractivity contribution in [3.63, 3.8) is 0 Å². The van der Waals surface area contributed by atoms with Crippen LogP contribution < -0.4 is 4.74 Å². The van der Waals surface area contributed by atoms with Gasteiger partial charge in [0.1, 0.15) is 5.75 Å². The molecule has 1 saturated carbocycles. The number of ether oxygens (including phenoxy) is 1. The zero-order valence-electron chi connectivity index (χ0n) is 16.3. The van der Waals surface area contributed by atoms with Crippen LogP contribution in [0.3, 0.4) is 0 Å². The molecule has 1 aliphatic heterocycles. The standard InChI is InChI=1S/C21H30N2O4/c1-22(14-19(24)15-7-6-10-18(11-15)27-2)21(26)16-12-20(25)23(13-16)17-8-4-3-5-9-17/h6-7,10-11,16-17,19,24H,3-5,8-9,12-14H2,1-2H3. The number of methoxy groups -OCH3 is 1. The van der Waals surface area contributed by atoms with E-state index in [1.807, 2.05) is 23.1 Å². The predicted molar refractivity (Wildman–Crippen MR) is 102 cm³/mol. The Labute approximate surface area is 161 Å². The van der Waals surface area contributed by atoms with Crippen molar-refractivity contribution in [3.05, 3.63) is 29.8 Å². The summed E-state index contributed by atoms with van der Waals surface area (Å²) in [5.41, 5.74) is 0.709. The molecule has 0 aromatic heterocycles. The minimum atomic E-state index is -0.791. The number of nitrogens with zero attached hydrogens (tertiary/aromatic N) is 2. The molecular weight excluding hydrogens is 344 g/mol. The zero-order chi connectivity index (χ0) is 19.4. The fourth-order valence-corrected chi connectivity index (χ4v) is 4.26. The molecule has 1 aromatic carbocycles. The van der Waals surface area contributed by atoms with Crippen molar-refractivity contribution in [1.82, 2.24) is 9.80 Å². The predicted octanol–water partition coefficient (Wildman–Crippen LogP) is 2.37. The highest BCUT2D eigenvalue weighted by Crippen LogP contribution is 2.29. The number of likely N-dealkylation sites (tertiary alicyclic amines) is 1. The van der Waals surface area contributed by atoms with E-state index in [9.17, 15) is 14.7 Å². The molecule has 1 aliphatic carbocycles. The van der Waals surface area contributed by atoms with Gasteiger partial charge in [0.05, 0.1) is 25.7 Å². The molecule has 6 heteroatoms. The number of amides is 2. The first-order valence-electron chi connectivity index (χ1n) is 9.86. The molecule has 1 saturated heterocycles. The van der Waals surface area contributed by atoms with Crippen LogP contribution in [0.4, 0.5) is 0 Å². The molecule has 6 nitrogen and oxygen atoms in total. The molecule has 0 radical (unpaired) electrons. The van der Waals surface area contributed by atoms with E-state index in [0.29, 0.717) is 23.9 Å². The van der Waals surface area contributed by atoms with Crippen molar-refractivity contribution in [3.8, 4) is 5.75 Å². The molecule has 0 spiro atoms. The molecule has 1 N–H and O–H groups in total. The minimum absolute atomic E-state index is 0.0661. The van der Waals surface area contributed by atoms with Crippen LogP contribution in [0.25, 0.3) is 0 Å². The second-order valence-electron chi connectivity index (χ2n) is 7.75. The lowest BCUT2D eigenvalue weighted by Crippen LogP contribution is -2.40. The lowest BCUT2D eigenvalue weighted by molar-refractivity contribution is -0.135. The number of carbonyl (C=O) groups is 2. The minimum Gasteiger partial charge on any atom is -0.497 e. The third-order valence-electron chi connectivity index (χ3n) is 5.82. The van der Waals surface area contributed by atoms with Crippen LogP contribution in [-0.2, 0) is 9.59 Å². The second kappa shape index (κ2) is 8.74. The summed E-state index contributed by atoms with van der Waals surface area (Å²) in [7, 11) is 3.27. The van der Waals surface area contributed by atoms with E-state index in [-0.39, 0.29) is 30.7 Å². The summed E-state index contributed by atoms with van der Waals surface area (Å²) >= 11 is 0. The first-order chi connectivity index (χ1) is 13.0. The van der Waals surface area contributed by atoms with Gasteiger partial charge in [-0.3, -0.25) is 9.59 Å². The normalized spacial score (nSPS) is 22.0. The Kier molecular flexibility index (Phi) is 6.37.